The van der Waals surface area contributed by atoms with Gasteiger partial charge in [-0.1, -0.05) is 28.1 Å². The molecular formula is C20H19BrN4O2. The van der Waals surface area contributed by atoms with Gasteiger partial charge in [0, 0.05) is 33.4 Å². The Morgan fingerprint density at radius 3 is 2.63 bits per heavy atom. The van der Waals surface area contributed by atoms with E-state index in [9.17, 15) is 5.11 Å². The number of hydrazone groups is 1. The largest absolute Gasteiger partial charge is 0.507 e. The molecule has 1 heterocycles. The Bertz CT molecular complexity index is 959. The van der Waals surface area contributed by atoms with Gasteiger partial charge in [-0.25, -0.2) is 9.97 Å². The molecule has 3 rings (SSSR count). The number of hydrogen-bond donors (Lipinski definition) is 2. The smallest absolute Gasteiger partial charge is 0.161 e. The summed E-state index contributed by atoms with van der Waals surface area (Å²) in [5, 5.41) is 14.2. The van der Waals surface area contributed by atoms with Gasteiger partial charge in [-0.3, -0.25) is 5.43 Å². The molecule has 0 unspecified atom stereocenters. The second-order valence-electron chi connectivity index (χ2n) is 5.75. The van der Waals surface area contributed by atoms with E-state index in [4.69, 9.17) is 4.74 Å². The molecule has 0 amide bonds. The van der Waals surface area contributed by atoms with E-state index in [1.165, 1.54) is 6.21 Å². The van der Waals surface area contributed by atoms with Crippen LogP contribution in [0.15, 0.2) is 58.1 Å². The maximum Gasteiger partial charge on any atom is 0.161 e. The molecule has 6 nitrogen and oxygen atoms in total. The van der Waals surface area contributed by atoms with Gasteiger partial charge in [-0.05, 0) is 38.1 Å². The topological polar surface area (TPSA) is 79.6 Å². The molecule has 0 bridgehead atoms. The number of ether oxygens (including phenoxy) is 1. The normalized spacial score (nSPS) is 10.9. The summed E-state index contributed by atoms with van der Waals surface area (Å²) in [6.07, 6.45) is 1.53. The van der Waals surface area contributed by atoms with Crippen LogP contribution in [0.2, 0.25) is 0 Å². The van der Waals surface area contributed by atoms with E-state index in [0.717, 1.165) is 15.7 Å². The summed E-state index contributed by atoms with van der Waals surface area (Å²) in [4.78, 5) is 8.96. The fraction of sp³-hybridized carbons (Fsp3) is 0.150. The number of phenolic OH excluding ortho intramolecular Hbond substituents is 1. The number of aromatic nitrogens is 2. The van der Waals surface area contributed by atoms with Gasteiger partial charge >= 0.3 is 0 Å². The van der Waals surface area contributed by atoms with Gasteiger partial charge < -0.3 is 9.84 Å². The highest BCUT2D eigenvalue weighted by molar-refractivity contribution is 9.10. The summed E-state index contributed by atoms with van der Waals surface area (Å²) in [5.41, 5.74) is 5.20. The molecule has 0 saturated heterocycles. The van der Waals surface area contributed by atoms with Gasteiger partial charge in [0.05, 0.1) is 12.8 Å². The molecule has 0 aliphatic heterocycles. The summed E-state index contributed by atoms with van der Waals surface area (Å²) in [5.74, 6) is 1.90. The number of aryl methyl sites for hydroxylation is 1. The summed E-state index contributed by atoms with van der Waals surface area (Å²) >= 11 is 3.42. The molecule has 138 valence electrons. The lowest BCUT2D eigenvalue weighted by molar-refractivity contribution is 0.337. The van der Waals surface area contributed by atoms with Crippen molar-refractivity contribution in [1.29, 1.82) is 0 Å². The van der Waals surface area contributed by atoms with Crippen LogP contribution in [0.1, 0.15) is 18.2 Å². The molecule has 2 aromatic carbocycles. The van der Waals surface area contributed by atoms with Crippen LogP contribution in [0.3, 0.4) is 0 Å². The number of hydrogen-bond acceptors (Lipinski definition) is 6. The van der Waals surface area contributed by atoms with Crippen molar-refractivity contribution in [3.05, 3.63) is 64.3 Å². The monoisotopic (exact) mass is 426 g/mol. The Kier molecular flexibility index (Phi) is 6.03. The summed E-state index contributed by atoms with van der Waals surface area (Å²) < 4.78 is 6.35. The van der Waals surface area contributed by atoms with Crippen LogP contribution in [0.5, 0.6) is 11.5 Å². The van der Waals surface area contributed by atoms with Gasteiger partial charge in [0.25, 0.3) is 0 Å². The number of aromatic hydroxyl groups is 1. The fourth-order valence-electron chi connectivity index (χ4n) is 2.41. The van der Waals surface area contributed by atoms with E-state index in [0.29, 0.717) is 29.6 Å². The van der Waals surface area contributed by atoms with Crippen LogP contribution in [0.25, 0.3) is 11.4 Å². The standard InChI is InChI=1S/C20H19BrN4O2/c1-3-27-17-9-6-15(18(26)11-17)12-22-25-19-10-13(2)23-20(24-19)14-4-7-16(21)8-5-14/h4-12,26H,3H2,1-2H3,(H,23,24,25)/b22-12-. The highest BCUT2D eigenvalue weighted by Gasteiger charge is 2.05. The first-order chi connectivity index (χ1) is 13.0. The van der Waals surface area contributed by atoms with Crippen LogP contribution < -0.4 is 10.2 Å². The Hall–Kier alpha value is -2.93. The molecule has 0 saturated carbocycles. The molecule has 1 aromatic heterocycles. The maximum atomic E-state index is 10.0. The third-order valence-electron chi connectivity index (χ3n) is 3.65. The number of rotatable bonds is 6. The van der Waals surface area contributed by atoms with Crippen LogP contribution in [0.4, 0.5) is 5.82 Å². The highest BCUT2D eigenvalue weighted by atomic mass is 79.9. The fourth-order valence-corrected chi connectivity index (χ4v) is 2.68. The average Bonchev–Trinajstić information content (AvgIpc) is 2.64. The predicted octanol–water partition coefficient (Wildman–Crippen LogP) is 4.76. The molecule has 0 aliphatic carbocycles. The number of benzene rings is 2. The van der Waals surface area contributed by atoms with E-state index in [1.54, 1.807) is 24.3 Å². The van der Waals surface area contributed by atoms with Crippen molar-refractivity contribution in [2.75, 3.05) is 12.0 Å². The van der Waals surface area contributed by atoms with Gasteiger partial charge in [0.2, 0.25) is 0 Å². The molecule has 2 N–H and O–H groups in total. The summed E-state index contributed by atoms with van der Waals surface area (Å²) in [6, 6.07) is 14.7. The first kappa shape index (κ1) is 18.8. The zero-order valence-electron chi connectivity index (χ0n) is 15.0. The molecule has 0 radical (unpaired) electrons. The van der Waals surface area contributed by atoms with E-state index in [1.807, 2.05) is 38.1 Å². The van der Waals surface area contributed by atoms with E-state index in [2.05, 4.69) is 36.4 Å². The van der Waals surface area contributed by atoms with Gasteiger partial charge in [0.15, 0.2) is 11.6 Å². The predicted molar refractivity (Wildman–Crippen MR) is 110 cm³/mol. The number of nitrogens with zero attached hydrogens (tertiary/aromatic N) is 3. The van der Waals surface area contributed by atoms with Crippen LogP contribution in [-0.4, -0.2) is 27.9 Å². The van der Waals surface area contributed by atoms with E-state index in [-0.39, 0.29) is 5.75 Å². The Balaban J connectivity index is 1.76. The van der Waals surface area contributed by atoms with Crippen molar-refractivity contribution in [2.24, 2.45) is 5.10 Å². The number of phenols is 1. The Morgan fingerprint density at radius 2 is 1.93 bits per heavy atom. The van der Waals surface area contributed by atoms with Crippen LogP contribution >= 0.6 is 15.9 Å². The zero-order valence-corrected chi connectivity index (χ0v) is 16.6. The maximum absolute atomic E-state index is 10.0. The molecule has 0 atom stereocenters. The van der Waals surface area contributed by atoms with Crippen molar-refractivity contribution in [2.45, 2.75) is 13.8 Å². The van der Waals surface area contributed by atoms with Crippen molar-refractivity contribution in [3.8, 4) is 22.9 Å². The van der Waals surface area contributed by atoms with Gasteiger partial charge in [-0.15, -0.1) is 0 Å². The first-order valence-corrected chi connectivity index (χ1v) is 9.21. The number of anilines is 1. The molecule has 0 spiro atoms. The molecule has 3 aromatic rings. The highest BCUT2D eigenvalue weighted by Crippen LogP contribution is 2.23. The SMILES string of the molecule is CCOc1ccc(/C=N\Nc2cc(C)nc(-c3ccc(Br)cc3)n2)c(O)c1. The minimum Gasteiger partial charge on any atom is -0.507 e. The Labute approximate surface area is 166 Å². The lowest BCUT2D eigenvalue weighted by Gasteiger charge is -2.06. The van der Waals surface area contributed by atoms with Crippen molar-refractivity contribution < 1.29 is 9.84 Å². The number of nitrogens with one attached hydrogen (secondary N) is 1. The third kappa shape index (κ3) is 5.04. The molecular weight excluding hydrogens is 408 g/mol. The van der Waals surface area contributed by atoms with E-state index < -0.39 is 0 Å². The first-order valence-electron chi connectivity index (χ1n) is 8.41. The Morgan fingerprint density at radius 1 is 1.15 bits per heavy atom. The molecule has 27 heavy (non-hydrogen) atoms. The minimum atomic E-state index is 0.0981. The minimum absolute atomic E-state index is 0.0981. The summed E-state index contributed by atoms with van der Waals surface area (Å²) in [6.45, 7) is 4.34. The van der Waals surface area contributed by atoms with Gasteiger partial charge in [0.1, 0.15) is 11.5 Å². The summed E-state index contributed by atoms with van der Waals surface area (Å²) in [7, 11) is 0. The number of halogens is 1. The molecule has 0 aliphatic rings. The van der Waals surface area contributed by atoms with Crippen molar-refractivity contribution >= 4 is 28.0 Å². The molecule has 0 fully saturated rings. The van der Waals surface area contributed by atoms with Crippen LogP contribution in [-0.2, 0) is 0 Å². The zero-order chi connectivity index (χ0) is 19.2. The van der Waals surface area contributed by atoms with Crippen molar-refractivity contribution in [3.63, 3.8) is 0 Å². The van der Waals surface area contributed by atoms with E-state index >= 15 is 0 Å². The van der Waals surface area contributed by atoms with Crippen LogP contribution in [0, 0.1) is 6.92 Å². The lowest BCUT2D eigenvalue weighted by Crippen LogP contribution is -1.99. The molecule has 7 heteroatoms. The second-order valence-corrected chi connectivity index (χ2v) is 6.66. The second kappa shape index (κ2) is 8.64. The van der Waals surface area contributed by atoms with Gasteiger partial charge in [-0.2, -0.15) is 5.10 Å². The average molecular weight is 427 g/mol. The third-order valence-corrected chi connectivity index (χ3v) is 4.18. The van der Waals surface area contributed by atoms with Crippen molar-refractivity contribution in [1.82, 2.24) is 9.97 Å². The lowest BCUT2D eigenvalue weighted by atomic mass is 10.2. The quantitative estimate of drug-likeness (QED) is 0.438.